The van der Waals surface area contributed by atoms with Gasteiger partial charge >= 0.3 is 0 Å². The van der Waals surface area contributed by atoms with Crippen LogP contribution in [-0.2, 0) is 6.54 Å². The van der Waals surface area contributed by atoms with Crippen LogP contribution < -0.4 is 15.0 Å². The molecule has 0 saturated heterocycles. The van der Waals surface area contributed by atoms with Crippen LogP contribution in [0, 0.1) is 0 Å². The van der Waals surface area contributed by atoms with E-state index in [-0.39, 0.29) is 5.91 Å². The third-order valence-corrected chi connectivity index (χ3v) is 5.76. The van der Waals surface area contributed by atoms with Crippen molar-refractivity contribution >= 4 is 44.6 Å². The van der Waals surface area contributed by atoms with Crippen LogP contribution in [0.5, 0.6) is 5.75 Å². The average molecular weight is 373 g/mol. The predicted octanol–water partition coefficient (Wildman–Crippen LogP) is 4.31. The molecule has 4 rings (SSSR count). The summed E-state index contributed by atoms with van der Waals surface area (Å²) in [6.45, 7) is 2.10. The van der Waals surface area contributed by atoms with Crippen molar-refractivity contribution < 1.29 is 9.53 Å². The molecule has 1 aromatic heterocycles. The van der Waals surface area contributed by atoms with Gasteiger partial charge in [0.2, 0.25) is 0 Å². The molecule has 0 spiro atoms. The first-order chi connectivity index (χ1) is 12.2. The molecule has 0 unspecified atom stereocenters. The van der Waals surface area contributed by atoms with E-state index in [1.807, 2.05) is 42.5 Å². The van der Waals surface area contributed by atoms with Gasteiger partial charge in [-0.2, -0.15) is 0 Å². The number of ether oxygens (including phenoxy) is 1. The molecule has 2 aromatic carbocycles. The number of thiophene rings is 1. The molecular formula is C19H17ClN2O2S. The second-order valence-electron chi connectivity index (χ2n) is 5.95. The number of rotatable bonds is 3. The number of nitrogens with zero attached hydrogens (tertiary/aromatic N) is 1. The Morgan fingerprint density at radius 1 is 1.24 bits per heavy atom. The van der Waals surface area contributed by atoms with Crippen LogP contribution in [0.25, 0.3) is 10.1 Å². The number of hydrogen-bond donors (Lipinski definition) is 1. The molecule has 6 heteroatoms. The maximum atomic E-state index is 12.5. The van der Waals surface area contributed by atoms with Crippen LogP contribution in [0.4, 0.5) is 5.69 Å². The number of hydrogen-bond acceptors (Lipinski definition) is 4. The number of nitrogens with one attached hydrogen (secondary N) is 1. The lowest BCUT2D eigenvalue weighted by Crippen LogP contribution is -2.29. The predicted molar refractivity (Wildman–Crippen MR) is 103 cm³/mol. The number of methoxy groups -OCH3 is 1. The summed E-state index contributed by atoms with van der Waals surface area (Å²) in [6.07, 6.45) is 0. The minimum Gasteiger partial charge on any atom is -0.497 e. The Morgan fingerprint density at radius 3 is 2.80 bits per heavy atom. The van der Waals surface area contributed by atoms with Crippen molar-refractivity contribution in [3.63, 3.8) is 0 Å². The maximum absolute atomic E-state index is 12.5. The van der Waals surface area contributed by atoms with Gasteiger partial charge in [-0.05, 0) is 35.9 Å². The van der Waals surface area contributed by atoms with Gasteiger partial charge in [0.1, 0.15) is 10.6 Å². The van der Waals surface area contributed by atoms with E-state index < -0.39 is 0 Å². The zero-order valence-corrected chi connectivity index (χ0v) is 15.3. The normalized spacial score (nSPS) is 14.2. The summed E-state index contributed by atoms with van der Waals surface area (Å²) in [7, 11) is 1.66. The third kappa shape index (κ3) is 3.05. The Kier molecular flexibility index (Phi) is 4.27. The SMILES string of the molecule is COc1ccc2sc3c(c2c1)N(Cc1ccc(Cl)cc1)CCNC3=O. The molecule has 0 radical (unpaired) electrons. The van der Waals surface area contributed by atoms with Crippen molar-refractivity contribution in [2.75, 3.05) is 25.1 Å². The molecule has 128 valence electrons. The van der Waals surface area contributed by atoms with Gasteiger partial charge in [-0.1, -0.05) is 23.7 Å². The number of carbonyl (C=O) groups excluding carboxylic acids is 1. The fraction of sp³-hybridized carbons (Fsp3) is 0.211. The highest BCUT2D eigenvalue weighted by atomic mass is 35.5. The molecular weight excluding hydrogens is 356 g/mol. The van der Waals surface area contributed by atoms with E-state index >= 15 is 0 Å². The largest absolute Gasteiger partial charge is 0.497 e. The van der Waals surface area contributed by atoms with E-state index in [2.05, 4.69) is 10.2 Å². The maximum Gasteiger partial charge on any atom is 0.263 e. The number of benzene rings is 2. The zero-order valence-electron chi connectivity index (χ0n) is 13.7. The van der Waals surface area contributed by atoms with E-state index in [1.54, 1.807) is 7.11 Å². The Bertz CT molecular complexity index is 936. The van der Waals surface area contributed by atoms with E-state index in [9.17, 15) is 4.79 Å². The standard InChI is InChI=1S/C19H17ClN2O2S/c1-24-14-6-7-16-15(10-14)17-18(25-16)19(23)21-8-9-22(17)11-12-2-4-13(20)5-3-12/h2-7,10H,8-9,11H2,1H3,(H,21,23). The van der Waals surface area contributed by atoms with Gasteiger partial charge in [-0.3, -0.25) is 4.79 Å². The lowest BCUT2D eigenvalue weighted by Gasteiger charge is -2.23. The van der Waals surface area contributed by atoms with Gasteiger partial charge in [0.25, 0.3) is 5.91 Å². The van der Waals surface area contributed by atoms with Gasteiger partial charge in [-0.15, -0.1) is 11.3 Å². The van der Waals surface area contributed by atoms with Crippen LogP contribution in [0.1, 0.15) is 15.2 Å². The summed E-state index contributed by atoms with van der Waals surface area (Å²) in [5.41, 5.74) is 2.15. The minimum atomic E-state index is -0.00577. The molecule has 3 aromatic rings. The molecule has 0 saturated carbocycles. The summed E-state index contributed by atoms with van der Waals surface area (Å²) in [4.78, 5) is 15.5. The first-order valence-electron chi connectivity index (χ1n) is 8.04. The van der Waals surface area contributed by atoms with E-state index in [1.165, 1.54) is 11.3 Å². The molecule has 1 N–H and O–H groups in total. The highest BCUT2D eigenvalue weighted by Crippen LogP contribution is 2.41. The summed E-state index contributed by atoms with van der Waals surface area (Å²) in [5.74, 6) is 0.790. The molecule has 0 fully saturated rings. The quantitative estimate of drug-likeness (QED) is 0.744. The molecule has 1 amide bonds. The van der Waals surface area contributed by atoms with Crippen LogP contribution in [0.3, 0.4) is 0 Å². The van der Waals surface area contributed by atoms with Crippen LogP contribution in [-0.4, -0.2) is 26.1 Å². The van der Waals surface area contributed by atoms with Gasteiger partial charge in [-0.25, -0.2) is 0 Å². The average Bonchev–Trinajstić information content (AvgIpc) is 2.93. The highest BCUT2D eigenvalue weighted by Gasteiger charge is 2.26. The van der Waals surface area contributed by atoms with Crippen LogP contribution in [0.2, 0.25) is 5.02 Å². The van der Waals surface area contributed by atoms with Crippen molar-refractivity contribution in [2.24, 2.45) is 0 Å². The lowest BCUT2D eigenvalue weighted by atomic mass is 10.1. The molecule has 0 bridgehead atoms. The lowest BCUT2D eigenvalue weighted by molar-refractivity contribution is 0.0962. The molecule has 0 aliphatic carbocycles. The number of amides is 1. The Labute approximate surface area is 155 Å². The summed E-state index contributed by atoms with van der Waals surface area (Å²) in [6, 6.07) is 13.8. The summed E-state index contributed by atoms with van der Waals surface area (Å²) < 4.78 is 6.47. The van der Waals surface area contributed by atoms with Crippen molar-refractivity contribution in [3.05, 3.63) is 57.9 Å². The van der Waals surface area contributed by atoms with Crippen molar-refractivity contribution in [1.82, 2.24) is 5.32 Å². The topological polar surface area (TPSA) is 41.6 Å². The minimum absolute atomic E-state index is 0.00577. The van der Waals surface area contributed by atoms with Crippen molar-refractivity contribution in [2.45, 2.75) is 6.54 Å². The highest BCUT2D eigenvalue weighted by molar-refractivity contribution is 7.21. The van der Waals surface area contributed by atoms with Gasteiger partial charge < -0.3 is 15.0 Å². The smallest absolute Gasteiger partial charge is 0.263 e. The first kappa shape index (κ1) is 16.2. The second-order valence-corrected chi connectivity index (χ2v) is 7.43. The Morgan fingerprint density at radius 2 is 2.04 bits per heavy atom. The van der Waals surface area contributed by atoms with Gasteiger partial charge in [0.15, 0.2) is 0 Å². The fourth-order valence-electron chi connectivity index (χ4n) is 3.12. The molecule has 1 aliphatic rings. The Hall–Kier alpha value is -2.24. The number of anilines is 1. The molecule has 1 aliphatic heterocycles. The van der Waals surface area contributed by atoms with E-state index in [4.69, 9.17) is 16.3 Å². The van der Waals surface area contributed by atoms with E-state index in [0.29, 0.717) is 6.54 Å². The second kappa shape index (κ2) is 6.58. The Balaban J connectivity index is 1.82. The fourth-order valence-corrected chi connectivity index (χ4v) is 4.37. The molecule has 4 nitrogen and oxygen atoms in total. The number of halogens is 1. The zero-order chi connectivity index (χ0) is 17.4. The van der Waals surface area contributed by atoms with Crippen molar-refractivity contribution in [1.29, 1.82) is 0 Å². The van der Waals surface area contributed by atoms with Gasteiger partial charge in [0.05, 0.1) is 12.8 Å². The number of fused-ring (bicyclic) bond motifs is 3. The molecule has 25 heavy (non-hydrogen) atoms. The van der Waals surface area contributed by atoms with Crippen molar-refractivity contribution in [3.8, 4) is 5.75 Å². The van der Waals surface area contributed by atoms with Gasteiger partial charge in [0, 0.05) is 34.7 Å². The first-order valence-corrected chi connectivity index (χ1v) is 9.23. The van der Waals surface area contributed by atoms with E-state index in [0.717, 1.165) is 50.1 Å². The third-order valence-electron chi connectivity index (χ3n) is 4.35. The summed E-state index contributed by atoms with van der Waals surface area (Å²) in [5, 5.41) is 4.78. The molecule has 0 atom stereocenters. The summed E-state index contributed by atoms with van der Waals surface area (Å²) >= 11 is 7.52. The number of carbonyl (C=O) groups is 1. The molecule has 2 heterocycles. The van der Waals surface area contributed by atoms with Crippen LogP contribution >= 0.6 is 22.9 Å². The monoisotopic (exact) mass is 372 g/mol. The van der Waals surface area contributed by atoms with Crippen LogP contribution in [0.15, 0.2) is 42.5 Å².